The molecular formula is C16H17NO2. The third-order valence-electron chi connectivity index (χ3n) is 3.74. The summed E-state index contributed by atoms with van der Waals surface area (Å²) in [4.78, 5) is 14.4. The number of nitrogens with zero attached hydrogens (tertiary/aromatic N) is 1. The van der Waals surface area contributed by atoms with Crippen LogP contribution in [0.4, 0.5) is 0 Å². The molecule has 0 saturated carbocycles. The van der Waals surface area contributed by atoms with E-state index >= 15 is 0 Å². The number of aryl methyl sites for hydroxylation is 1. The molecule has 1 atom stereocenters. The summed E-state index contributed by atoms with van der Waals surface area (Å²) in [6.07, 6.45) is 5.16. The highest BCUT2D eigenvalue weighted by Crippen LogP contribution is 2.33. The zero-order valence-electron chi connectivity index (χ0n) is 11.0. The predicted molar refractivity (Wildman–Crippen MR) is 72.9 cm³/mol. The summed E-state index contributed by atoms with van der Waals surface area (Å²) in [6, 6.07) is 10.4. The van der Waals surface area contributed by atoms with Gasteiger partial charge in [-0.1, -0.05) is 29.8 Å². The van der Waals surface area contributed by atoms with Crippen molar-refractivity contribution in [1.29, 1.82) is 0 Å². The van der Waals surface area contributed by atoms with Gasteiger partial charge in [0.05, 0.1) is 17.9 Å². The Morgan fingerprint density at radius 1 is 1.26 bits per heavy atom. The number of furan rings is 1. The van der Waals surface area contributed by atoms with E-state index in [-0.39, 0.29) is 11.9 Å². The summed E-state index contributed by atoms with van der Waals surface area (Å²) in [6.45, 7) is 2.90. The Kier molecular flexibility index (Phi) is 3.11. The van der Waals surface area contributed by atoms with Gasteiger partial charge < -0.3 is 9.32 Å². The maximum absolute atomic E-state index is 12.4. The average molecular weight is 255 g/mol. The molecule has 0 N–H and O–H groups in total. The quantitative estimate of drug-likeness (QED) is 0.822. The maximum Gasteiger partial charge on any atom is 0.257 e. The van der Waals surface area contributed by atoms with Crippen LogP contribution in [0.25, 0.3) is 0 Å². The summed E-state index contributed by atoms with van der Waals surface area (Å²) < 4.78 is 5.00. The van der Waals surface area contributed by atoms with Gasteiger partial charge in [-0.15, -0.1) is 0 Å². The number of hydrogen-bond acceptors (Lipinski definition) is 2. The van der Waals surface area contributed by atoms with E-state index in [9.17, 15) is 4.79 Å². The lowest BCUT2D eigenvalue weighted by Crippen LogP contribution is -2.30. The number of hydrogen-bond donors (Lipinski definition) is 0. The van der Waals surface area contributed by atoms with Crippen LogP contribution in [0.1, 0.15) is 40.4 Å². The van der Waals surface area contributed by atoms with Gasteiger partial charge in [-0.2, -0.15) is 0 Å². The molecule has 2 aromatic rings. The lowest BCUT2D eigenvalue weighted by atomic mass is 10.0. The first-order chi connectivity index (χ1) is 9.25. The van der Waals surface area contributed by atoms with Crippen LogP contribution in [0.5, 0.6) is 0 Å². The van der Waals surface area contributed by atoms with Crippen LogP contribution in [0.2, 0.25) is 0 Å². The Hall–Kier alpha value is -2.03. The Morgan fingerprint density at radius 3 is 2.74 bits per heavy atom. The van der Waals surface area contributed by atoms with Gasteiger partial charge in [-0.25, -0.2) is 0 Å². The molecule has 1 aliphatic heterocycles. The van der Waals surface area contributed by atoms with Crippen LogP contribution in [-0.2, 0) is 0 Å². The van der Waals surface area contributed by atoms with Gasteiger partial charge in [0.1, 0.15) is 6.26 Å². The monoisotopic (exact) mass is 255 g/mol. The molecule has 0 aliphatic carbocycles. The minimum atomic E-state index is 0.0665. The molecule has 0 spiro atoms. The van der Waals surface area contributed by atoms with Crippen LogP contribution < -0.4 is 0 Å². The first kappa shape index (κ1) is 12.0. The van der Waals surface area contributed by atoms with Gasteiger partial charge in [-0.05, 0) is 31.4 Å². The van der Waals surface area contributed by atoms with E-state index < -0.39 is 0 Å². The predicted octanol–water partition coefficient (Wildman–Crippen LogP) is 3.57. The fourth-order valence-electron chi connectivity index (χ4n) is 2.70. The van der Waals surface area contributed by atoms with Crippen molar-refractivity contribution in [3.05, 3.63) is 59.5 Å². The Bertz CT molecular complexity index is 557. The second-order valence-electron chi connectivity index (χ2n) is 5.08. The van der Waals surface area contributed by atoms with Crippen LogP contribution in [-0.4, -0.2) is 17.4 Å². The van der Waals surface area contributed by atoms with Crippen molar-refractivity contribution in [2.24, 2.45) is 0 Å². The van der Waals surface area contributed by atoms with Crippen LogP contribution in [0.15, 0.2) is 47.3 Å². The number of benzene rings is 1. The van der Waals surface area contributed by atoms with E-state index in [1.54, 1.807) is 12.3 Å². The number of likely N-dealkylation sites (tertiary alicyclic amines) is 1. The van der Waals surface area contributed by atoms with Crippen molar-refractivity contribution >= 4 is 5.91 Å². The van der Waals surface area contributed by atoms with Crippen molar-refractivity contribution in [3.63, 3.8) is 0 Å². The number of amides is 1. The smallest absolute Gasteiger partial charge is 0.257 e. The maximum atomic E-state index is 12.4. The molecule has 1 aromatic carbocycles. The molecule has 3 heteroatoms. The molecule has 1 amide bonds. The van der Waals surface area contributed by atoms with E-state index in [1.807, 2.05) is 4.90 Å². The molecule has 2 heterocycles. The van der Waals surface area contributed by atoms with E-state index in [0.717, 1.165) is 19.4 Å². The summed E-state index contributed by atoms with van der Waals surface area (Å²) in [7, 11) is 0. The number of carbonyl (C=O) groups is 1. The van der Waals surface area contributed by atoms with E-state index in [2.05, 4.69) is 31.2 Å². The topological polar surface area (TPSA) is 33.5 Å². The van der Waals surface area contributed by atoms with Gasteiger partial charge >= 0.3 is 0 Å². The third-order valence-corrected chi connectivity index (χ3v) is 3.74. The fraction of sp³-hybridized carbons (Fsp3) is 0.312. The summed E-state index contributed by atoms with van der Waals surface area (Å²) in [5.74, 6) is 0.0665. The van der Waals surface area contributed by atoms with Crippen molar-refractivity contribution in [3.8, 4) is 0 Å². The lowest BCUT2D eigenvalue weighted by Gasteiger charge is -2.24. The zero-order chi connectivity index (χ0) is 13.2. The van der Waals surface area contributed by atoms with Crippen LogP contribution >= 0.6 is 0 Å². The molecule has 1 saturated heterocycles. The van der Waals surface area contributed by atoms with E-state index in [1.165, 1.54) is 17.4 Å². The SMILES string of the molecule is Cc1ccc(C2CCCN2C(=O)c2ccoc2)cc1. The molecule has 98 valence electrons. The molecule has 1 aromatic heterocycles. The van der Waals surface area contributed by atoms with Crippen molar-refractivity contribution in [2.45, 2.75) is 25.8 Å². The minimum absolute atomic E-state index is 0.0665. The van der Waals surface area contributed by atoms with Gasteiger partial charge in [0.2, 0.25) is 0 Å². The Labute approximate surface area is 112 Å². The number of carbonyl (C=O) groups excluding carboxylic acids is 1. The molecule has 1 aliphatic rings. The normalized spacial score (nSPS) is 18.8. The molecule has 3 nitrogen and oxygen atoms in total. The average Bonchev–Trinajstić information content (AvgIpc) is 3.10. The van der Waals surface area contributed by atoms with E-state index in [0.29, 0.717) is 5.56 Å². The first-order valence-corrected chi connectivity index (χ1v) is 6.65. The van der Waals surface area contributed by atoms with Crippen molar-refractivity contribution in [1.82, 2.24) is 4.90 Å². The molecule has 0 radical (unpaired) electrons. The Balaban J connectivity index is 1.85. The largest absolute Gasteiger partial charge is 0.472 e. The summed E-state index contributed by atoms with van der Waals surface area (Å²) >= 11 is 0. The zero-order valence-corrected chi connectivity index (χ0v) is 11.0. The van der Waals surface area contributed by atoms with Crippen molar-refractivity contribution in [2.75, 3.05) is 6.54 Å². The van der Waals surface area contributed by atoms with Gasteiger partial charge in [0, 0.05) is 6.54 Å². The van der Waals surface area contributed by atoms with Gasteiger partial charge in [-0.3, -0.25) is 4.79 Å². The summed E-state index contributed by atoms with van der Waals surface area (Å²) in [5.41, 5.74) is 3.11. The Morgan fingerprint density at radius 2 is 2.05 bits per heavy atom. The fourth-order valence-corrected chi connectivity index (χ4v) is 2.70. The van der Waals surface area contributed by atoms with Crippen LogP contribution in [0, 0.1) is 6.92 Å². The third kappa shape index (κ3) is 2.28. The molecule has 19 heavy (non-hydrogen) atoms. The lowest BCUT2D eigenvalue weighted by molar-refractivity contribution is 0.0735. The van der Waals surface area contributed by atoms with Gasteiger partial charge in [0.25, 0.3) is 5.91 Å². The molecule has 1 fully saturated rings. The van der Waals surface area contributed by atoms with Crippen LogP contribution in [0.3, 0.4) is 0 Å². The molecule has 3 rings (SSSR count). The first-order valence-electron chi connectivity index (χ1n) is 6.65. The summed E-state index contributed by atoms with van der Waals surface area (Å²) in [5, 5.41) is 0. The van der Waals surface area contributed by atoms with Gasteiger partial charge in [0.15, 0.2) is 0 Å². The minimum Gasteiger partial charge on any atom is -0.472 e. The second-order valence-corrected chi connectivity index (χ2v) is 5.08. The van der Waals surface area contributed by atoms with E-state index in [4.69, 9.17) is 4.42 Å². The molecule has 0 bridgehead atoms. The van der Waals surface area contributed by atoms with Crippen molar-refractivity contribution < 1.29 is 9.21 Å². The highest BCUT2D eigenvalue weighted by Gasteiger charge is 2.30. The standard InChI is InChI=1S/C16H17NO2/c1-12-4-6-13(7-5-12)15-3-2-9-17(15)16(18)14-8-10-19-11-14/h4-8,10-11,15H,2-3,9H2,1H3. The molecule has 1 unspecified atom stereocenters. The highest BCUT2D eigenvalue weighted by molar-refractivity contribution is 5.94. The highest BCUT2D eigenvalue weighted by atomic mass is 16.3. The molecular weight excluding hydrogens is 238 g/mol. The number of rotatable bonds is 2. The second kappa shape index (κ2) is 4.92.